The number of rotatable bonds is 4. The van der Waals surface area contributed by atoms with Crippen molar-refractivity contribution in [2.75, 3.05) is 20.2 Å². The van der Waals surface area contributed by atoms with Crippen LogP contribution in [0, 0.1) is 5.82 Å². The van der Waals surface area contributed by atoms with E-state index < -0.39 is 41.0 Å². The maximum absolute atomic E-state index is 14.2. The van der Waals surface area contributed by atoms with E-state index in [1.54, 1.807) is 32.9 Å². The number of ether oxygens (including phenoxy) is 3. The lowest BCUT2D eigenvalue weighted by Gasteiger charge is -2.36. The zero-order chi connectivity index (χ0) is 28.7. The van der Waals surface area contributed by atoms with Gasteiger partial charge >= 0.3 is 12.1 Å². The number of carbonyl (C=O) groups excluding carboxylic acids is 3. The number of alkyl carbamates (subject to hydrolysis) is 1. The van der Waals surface area contributed by atoms with Crippen LogP contribution in [0.2, 0.25) is 0 Å². The monoisotopic (exact) mass is 549 g/mol. The van der Waals surface area contributed by atoms with Gasteiger partial charge in [-0.15, -0.1) is 0 Å². The van der Waals surface area contributed by atoms with Gasteiger partial charge in [-0.3, -0.25) is 4.79 Å². The minimum absolute atomic E-state index is 0.108. The van der Waals surface area contributed by atoms with Gasteiger partial charge in [0.1, 0.15) is 41.0 Å². The van der Waals surface area contributed by atoms with Crippen molar-refractivity contribution >= 4 is 28.9 Å². The van der Waals surface area contributed by atoms with Crippen LogP contribution in [-0.4, -0.2) is 65.3 Å². The number of aryl methyl sites for hydroxylation is 1. The third kappa shape index (κ3) is 5.43. The summed E-state index contributed by atoms with van der Waals surface area (Å²) in [6.45, 7) is 4.92. The van der Waals surface area contributed by atoms with Crippen molar-refractivity contribution in [3.05, 3.63) is 59.9 Å². The van der Waals surface area contributed by atoms with Crippen LogP contribution in [0.3, 0.4) is 0 Å². The summed E-state index contributed by atoms with van der Waals surface area (Å²) in [4.78, 5) is 44.4. The van der Waals surface area contributed by atoms with Crippen LogP contribution in [0.15, 0.2) is 48.5 Å². The van der Waals surface area contributed by atoms with Gasteiger partial charge < -0.3 is 24.4 Å². The number of nitrogens with one attached hydrogen (secondary N) is 1. The van der Waals surface area contributed by atoms with Crippen LogP contribution in [0.4, 0.5) is 9.18 Å². The van der Waals surface area contributed by atoms with Gasteiger partial charge in [0, 0.05) is 22.9 Å². The molecular weight excluding hydrogens is 517 g/mol. The van der Waals surface area contributed by atoms with Crippen molar-refractivity contribution in [3.63, 3.8) is 0 Å². The number of likely N-dealkylation sites (tertiary alicyclic amines) is 1. The first-order valence-electron chi connectivity index (χ1n) is 13.2. The smallest absolute Gasteiger partial charge is 0.408 e. The molecule has 2 atom stereocenters. The fraction of sp³-hybridized carbons (Fsp3) is 0.400. The Balaban J connectivity index is 1.47. The summed E-state index contributed by atoms with van der Waals surface area (Å²) in [7, 11) is 1.27. The average molecular weight is 550 g/mol. The van der Waals surface area contributed by atoms with Gasteiger partial charge in [0.05, 0.1) is 19.2 Å². The summed E-state index contributed by atoms with van der Waals surface area (Å²) in [5.74, 6) is -0.915. The van der Waals surface area contributed by atoms with Gasteiger partial charge in [0.25, 0.3) is 0 Å². The lowest BCUT2D eigenvalue weighted by molar-refractivity contribution is -0.150. The summed E-state index contributed by atoms with van der Waals surface area (Å²) in [5, 5.41) is 3.40. The van der Waals surface area contributed by atoms with Crippen molar-refractivity contribution < 1.29 is 33.0 Å². The molecule has 2 aliphatic heterocycles. The largest absolute Gasteiger partial charge is 0.483 e. The molecule has 3 aromatic rings. The molecule has 2 aliphatic rings. The second-order valence-corrected chi connectivity index (χ2v) is 11.2. The Kier molecular flexibility index (Phi) is 7.12. The van der Waals surface area contributed by atoms with E-state index in [9.17, 15) is 18.8 Å². The Bertz CT molecular complexity index is 1490. The molecule has 10 heteroatoms. The predicted molar refractivity (Wildman–Crippen MR) is 145 cm³/mol. The summed E-state index contributed by atoms with van der Waals surface area (Å²) < 4.78 is 31.2. The quantitative estimate of drug-likeness (QED) is 0.481. The van der Waals surface area contributed by atoms with Crippen molar-refractivity contribution in [2.24, 2.45) is 0 Å². The molecule has 0 saturated carbocycles. The van der Waals surface area contributed by atoms with Crippen molar-refractivity contribution in [1.29, 1.82) is 0 Å². The summed E-state index contributed by atoms with van der Waals surface area (Å²) in [6.07, 6.45) is 0.609. The number of para-hydroxylation sites is 1. The maximum atomic E-state index is 14.2. The molecule has 2 unspecified atom stereocenters. The highest BCUT2D eigenvalue weighted by molar-refractivity contribution is 5.90. The molecule has 1 spiro atoms. The highest BCUT2D eigenvalue weighted by Crippen LogP contribution is 2.47. The van der Waals surface area contributed by atoms with Gasteiger partial charge in [0.15, 0.2) is 0 Å². The average Bonchev–Trinajstić information content (AvgIpc) is 3.28. The number of fused-ring (bicyclic) bond motifs is 3. The third-order valence-corrected chi connectivity index (χ3v) is 7.17. The summed E-state index contributed by atoms with van der Waals surface area (Å²) in [6, 6.07) is 13.0. The fourth-order valence-corrected chi connectivity index (χ4v) is 5.45. The Morgan fingerprint density at radius 2 is 1.95 bits per heavy atom. The number of benzene rings is 2. The molecule has 1 saturated heterocycles. The fourth-order valence-electron chi connectivity index (χ4n) is 5.45. The van der Waals surface area contributed by atoms with Crippen LogP contribution in [0.5, 0.6) is 5.75 Å². The number of aromatic nitrogens is 1. The molecule has 2 aromatic carbocycles. The van der Waals surface area contributed by atoms with E-state index in [0.29, 0.717) is 29.8 Å². The standard InChI is InChI=1S/C30H32FN3O6/c1-29(2,3)40-28(37)32-16-24(35)34-17-30(15-23(34)27(36)38-4)13-12-21-20-10-5-6-11-22(20)33-25(26(21)39-30)18-8-7-9-19(31)14-18/h5-11,14,23H,12-13,15-17H2,1-4H3,(H,32,37). The minimum atomic E-state index is -0.903. The minimum Gasteiger partial charge on any atom is -0.483 e. The van der Waals surface area contributed by atoms with Gasteiger partial charge in [-0.05, 0) is 51.8 Å². The Morgan fingerprint density at radius 3 is 2.67 bits per heavy atom. The highest BCUT2D eigenvalue weighted by Gasteiger charge is 2.52. The van der Waals surface area contributed by atoms with E-state index in [-0.39, 0.29) is 19.5 Å². The third-order valence-electron chi connectivity index (χ3n) is 7.17. The van der Waals surface area contributed by atoms with Gasteiger partial charge in [-0.25, -0.2) is 19.0 Å². The molecular formula is C30H32FN3O6. The Morgan fingerprint density at radius 1 is 1.18 bits per heavy atom. The first-order chi connectivity index (χ1) is 19.0. The van der Waals surface area contributed by atoms with E-state index in [0.717, 1.165) is 16.5 Å². The molecule has 2 amide bonds. The van der Waals surface area contributed by atoms with Crippen LogP contribution < -0.4 is 10.1 Å². The zero-order valence-electron chi connectivity index (χ0n) is 23.0. The molecule has 5 rings (SSSR count). The van der Waals surface area contributed by atoms with Gasteiger partial charge in [-0.2, -0.15) is 0 Å². The normalized spacial score (nSPS) is 20.1. The van der Waals surface area contributed by atoms with Gasteiger partial charge in [0.2, 0.25) is 5.91 Å². The molecule has 3 heterocycles. The van der Waals surface area contributed by atoms with Crippen LogP contribution in [-0.2, 0) is 25.5 Å². The number of carbonyl (C=O) groups is 3. The van der Waals surface area contributed by atoms with Crippen LogP contribution in [0.25, 0.3) is 22.2 Å². The number of nitrogens with zero attached hydrogens (tertiary/aromatic N) is 2. The molecule has 9 nitrogen and oxygen atoms in total. The molecule has 1 N–H and O–H groups in total. The maximum Gasteiger partial charge on any atom is 0.408 e. The van der Waals surface area contributed by atoms with Gasteiger partial charge in [-0.1, -0.05) is 30.3 Å². The van der Waals surface area contributed by atoms with E-state index in [4.69, 9.17) is 19.2 Å². The van der Waals surface area contributed by atoms with E-state index in [1.807, 2.05) is 24.3 Å². The van der Waals surface area contributed by atoms with Crippen molar-refractivity contribution in [1.82, 2.24) is 15.2 Å². The first-order valence-corrected chi connectivity index (χ1v) is 13.2. The first kappa shape index (κ1) is 27.4. The molecule has 0 radical (unpaired) electrons. The SMILES string of the molecule is COC(=O)C1CC2(CCc3c(c(-c4cccc(F)c4)nc4ccccc34)O2)CN1C(=O)CNC(=O)OC(C)(C)C. The number of esters is 1. The lowest BCUT2D eigenvalue weighted by atomic mass is 9.86. The predicted octanol–water partition coefficient (Wildman–Crippen LogP) is 4.40. The molecule has 1 aromatic heterocycles. The number of hydrogen-bond donors (Lipinski definition) is 1. The van der Waals surface area contributed by atoms with Crippen molar-refractivity contribution in [2.45, 2.75) is 57.3 Å². The Hall–Kier alpha value is -4.21. The van der Waals surface area contributed by atoms with Crippen molar-refractivity contribution in [3.8, 4) is 17.0 Å². The van der Waals surface area contributed by atoms with Crippen LogP contribution >= 0.6 is 0 Å². The molecule has 0 aliphatic carbocycles. The van der Waals surface area contributed by atoms with E-state index >= 15 is 0 Å². The molecule has 0 bridgehead atoms. The zero-order valence-corrected chi connectivity index (χ0v) is 23.0. The van der Waals surface area contributed by atoms with E-state index in [2.05, 4.69) is 5.32 Å². The Labute approximate surface area is 231 Å². The topological polar surface area (TPSA) is 107 Å². The lowest BCUT2D eigenvalue weighted by Crippen LogP contribution is -2.48. The summed E-state index contributed by atoms with van der Waals surface area (Å²) in [5.41, 5.74) is 1.15. The number of amides is 2. The highest BCUT2D eigenvalue weighted by atomic mass is 19.1. The molecule has 1 fully saturated rings. The molecule has 210 valence electrons. The number of halogens is 1. The number of pyridine rings is 1. The van der Waals surface area contributed by atoms with E-state index in [1.165, 1.54) is 24.1 Å². The van der Waals surface area contributed by atoms with Crippen LogP contribution in [0.1, 0.15) is 39.2 Å². The summed E-state index contributed by atoms with van der Waals surface area (Å²) >= 11 is 0. The second kappa shape index (κ2) is 10.4. The second-order valence-electron chi connectivity index (χ2n) is 11.2. The number of hydrogen-bond acceptors (Lipinski definition) is 7. The number of methoxy groups -OCH3 is 1. The molecule has 40 heavy (non-hydrogen) atoms.